The first kappa shape index (κ1) is 13.6. The van der Waals surface area contributed by atoms with Gasteiger partial charge in [-0.1, -0.05) is 11.6 Å². The fourth-order valence-electron chi connectivity index (χ4n) is 2.18. The number of guanidine groups is 1. The third-order valence-corrected chi connectivity index (χ3v) is 4.98. The van der Waals surface area contributed by atoms with E-state index >= 15 is 0 Å². The molecule has 6 nitrogen and oxygen atoms in total. The van der Waals surface area contributed by atoms with Gasteiger partial charge >= 0.3 is 0 Å². The van der Waals surface area contributed by atoms with E-state index in [1.54, 1.807) is 4.90 Å². The van der Waals surface area contributed by atoms with Crippen LogP contribution in [0, 0.1) is 5.82 Å². The van der Waals surface area contributed by atoms with E-state index in [-0.39, 0.29) is 34.2 Å². The van der Waals surface area contributed by atoms with E-state index in [9.17, 15) is 12.8 Å². The van der Waals surface area contributed by atoms with Crippen LogP contribution in [0.5, 0.6) is 0 Å². The number of halogens is 2. The predicted octanol–water partition coefficient (Wildman–Crippen LogP) is 1.02. The van der Waals surface area contributed by atoms with E-state index in [1.165, 1.54) is 6.07 Å². The van der Waals surface area contributed by atoms with Crippen LogP contribution in [-0.2, 0) is 10.0 Å². The second kappa shape index (κ2) is 4.57. The third-order valence-electron chi connectivity index (χ3n) is 3.38. The second-order valence-corrected chi connectivity index (χ2v) is 6.58. The van der Waals surface area contributed by atoms with E-state index < -0.39 is 15.8 Å². The maximum absolute atomic E-state index is 13.4. The number of anilines is 1. The molecule has 2 heterocycles. The molecule has 3 rings (SSSR count). The number of aliphatic hydroxyl groups is 1. The zero-order chi connectivity index (χ0) is 14.5. The smallest absolute Gasteiger partial charge is 0.287 e. The monoisotopic (exact) mass is 319 g/mol. The fourth-order valence-corrected chi connectivity index (χ4v) is 3.46. The Morgan fingerprint density at radius 2 is 2.30 bits per heavy atom. The van der Waals surface area contributed by atoms with Crippen molar-refractivity contribution in [1.29, 1.82) is 0 Å². The van der Waals surface area contributed by atoms with Crippen molar-refractivity contribution in [2.75, 3.05) is 18.5 Å². The molecule has 2 aliphatic heterocycles. The molecule has 1 saturated heterocycles. The predicted molar refractivity (Wildman–Crippen MR) is 71.9 cm³/mol. The zero-order valence-electron chi connectivity index (χ0n) is 10.2. The van der Waals surface area contributed by atoms with Gasteiger partial charge in [-0.3, -0.25) is 0 Å². The van der Waals surface area contributed by atoms with Crippen molar-refractivity contribution >= 4 is 33.3 Å². The van der Waals surface area contributed by atoms with E-state index in [4.69, 9.17) is 16.7 Å². The molecule has 1 fully saturated rings. The number of benzene rings is 1. The minimum absolute atomic E-state index is 0.0855. The first-order valence-electron chi connectivity index (χ1n) is 5.91. The molecule has 1 aromatic carbocycles. The molecule has 1 atom stereocenters. The fraction of sp³-hybridized carbons (Fsp3) is 0.364. The van der Waals surface area contributed by atoms with Crippen molar-refractivity contribution in [3.8, 4) is 0 Å². The summed E-state index contributed by atoms with van der Waals surface area (Å²) >= 11 is 5.67. The van der Waals surface area contributed by atoms with Gasteiger partial charge in [0.15, 0.2) is 0 Å². The molecule has 1 unspecified atom stereocenters. The minimum atomic E-state index is -3.98. The summed E-state index contributed by atoms with van der Waals surface area (Å²) in [7, 11) is -3.98. The third kappa shape index (κ3) is 2.04. The Labute approximate surface area is 119 Å². The van der Waals surface area contributed by atoms with Gasteiger partial charge in [0.1, 0.15) is 10.7 Å². The highest BCUT2D eigenvalue weighted by molar-refractivity contribution is 7.90. The zero-order valence-corrected chi connectivity index (χ0v) is 11.7. The van der Waals surface area contributed by atoms with E-state index in [1.807, 2.05) is 0 Å². The molecule has 20 heavy (non-hydrogen) atoms. The maximum Gasteiger partial charge on any atom is 0.287 e. The normalized spacial score (nSPS) is 23.4. The Hall–Kier alpha value is -1.38. The van der Waals surface area contributed by atoms with Gasteiger partial charge in [-0.15, -0.1) is 4.40 Å². The maximum atomic E-state index is 13.4. The quantitative estimate of drug-likeness (QED) is 0.807. The van der Waals surface area contributed by atoms with E-state index in [0.29, 0.717) is 6.54 Å². The number of sulfonamides is 1. The van der Waals surface area contributed by atoms with Crippen LogP contribution in [0.2, 0.25) is 5.02 Å². The number of rotatable bonds is 1. The summed E-state index contributed by atoms with van der Waals surface area (Å²) in [5, 5.41) is 11.8. The summed E-state index contributed by atoms with van der Waals surface area (Å²) in [5.41, 5.74) is 0.185. The summed E-state index contributed by atoms with van der Waals surface area (Å²) in [6, 6.07) is 1.90. The molecule has 0 spiro atoms. The summed E-state index contributed by atoms with van der Waals surface area (Å²) in [6.45, 7) is 0.509. The molecule has 0 aromatic heterocycles. The lowest BCUT2D eigenvalue weighted by atomic mass is 10.1. The molecule has 0 bridgehead atoms. The number of nitrogens with one attached hydrogen (secondary N) is 1. The molecule has 0 aliphatic carbocycles. The number of hydrogen-bond donors (Lipinski definition) is 2. The molecule has 0 amide bonds. The molecule has 0 saturated carbocycles. The van der Waals surface area contributed by atoms with Gasteiger partial charge in [-0.25, -0.2) is 4.39 Å². The average molecular weight is 320 g/mol. The Balaban J connectivity index is 2.04. The van der Waals surface area contributed by atoms with Crippen LogP contribution in [-0.4, -0.2) is 43.6 Å². The van der Waals surface area contributed by atoms with Crippen LogP contribution < -0.4 is 5.32 Å². The SMILES string of the molecule is O=S1(=O)N=C(N2CCC2CO)Nc2cc(Cl)c(F)cc21. The van der Waals surface area contributed by atoms with Gasteiger partial charge in [-0.05, 0) is 18.6 Å². The molecule has 0 radical (unpaired) electrons. The molecule has 2 aliphatic rings. The summed E-state index contributed by atoms with van der Waals surface area (Å²) in [5.74, 6) is -0.683. The van der Waals surface area contributed by atoms with Gasteiger partial charge in [0, 0.05) is 6.54 Å². The van der Waals surface area contributed by atoms with Crippen LogP contribution in [0.15, 0.2) is 21.4 Å². The molecule has 108 valence electrons. The van der Waals surface area contributed by atoms with Crippen LogP contribution >= 0.6 is 11.6 Å². The lowest BCUT2D eigenvalue weighted by Gasteiger charge is -2.42. The van der Waals surface area contributed by atoms with Gasteiger partial charge in [0.2, 0.25) is 5.96 Å². The molecule has 2 N–H and O–H groups in total. The van der Waals surface area contributed by atoms with Crippen LogP contribution in [0.1, 0.15) is 6.42 Å². The largest absolute Gasteiger partial charge is 0.394 e. The average Bonchev–Trinajstić information content (AvgIpc) is 2.30. The van der Waals surface area contributed by atoms with Gasteiger partial charge in [0.25, 0.3) is 10.0 Å². The Kier molecular flexibility index (Phi) is 3.11. The summed E-state index contributed by atoms with van der Waals surface area (Å²) < 4.78 is 41.1. The number of aliphatic hydroxyl groups excluding tert-OH is 1. The van der Waals surface area contributed by atoms with E-state index in [0.717, 1.165) is 12.5 Å². The van der Waals surface area contributed by atoms with Crippen molar-refractivity contribution in [2.45, 2.75) is 17.4 Å². The van der Waals surface area contributed by atoms with Crippen molar-refractivity contribution in [2.24, 2.45) is 4.40 Å². The Morgan fingerprint density at radius 1 is 1.55 bits per heavy atom. The van der Waals surface area contributed by atoms with Gasteiger partial charge in [-0.2, -0.15) is 8.42 Å². The van der Waals surface area contributed by atoms with Gasteiger partial charge in [0.05, 0.1) is 23.4 Å². The number of likely N-dealkylation sites (tertiary alicyclic amines) is 1. The topological polar surface area (TPSA) is 82.0 Å². The lowest BCUT2D eigenvalue weighted by molar-refractivity contribution is 0.105. The summed E-state index contributed by atoms with van der Waals surface area (Å²) in [6.07, 6.45) is 0.758. The standard InChI is InChI=1S/C11H11ClFN3O3S/c12-7-3-9-10(4-8(7)13)20(18,19)15-11(14-9)16-2-1-6(16)5-17/h3-4,6,17H,1-2,5H2,(H,14,15). The molecule has 9 heteroatoms. The lowest BCUT2D eigenvalue weighted by Crippen LogP contribution is -2.55. The molecular formula is C11H11ClFN3O3S. The van der Waals surface area contributed by atoms with Crippen molar-refractivity contribution in [1.82, 2.24) is 4.90 Å². The number of nitrogens with zero attached hydrogens (tertiary/aromatic N) is 2. The Morgan fingerprint density at radius 3 is 2.90 bits per heavy atom. The van der Waals surface area contributed by atoms with Crippen molar-refractivity contribution in [3.63, 3.8) is 0 Å². The molecular weight excluding hydrogens is 309 g/mol. The first-order chi connectivity index (χ1) is 9.42. The van der Waals surface area contributed by atoms with Crippen molar-refractivity contribution in [3.05, 3.63) is 23.0 Å². The van der Waals surface area contributed by atoms with Crippen LogP contribution in [0.25, 0.3) is 0 Å². The van der Waals surface area contributed by atoms with Gasteiger partial charge < -0.3 is 15.3 Å². The number of fused-ring (bicyclic) bond motifs is 1. The highest BCUT2D eigenvalue weighted by atomic mass is 35.5. The highest BCUT2D eigenvalue weighted by Crippen LogP contribution is 2.33. The second-order valence-electron chi connectivity index (χ2n) is 4.60. The Bertz CT molecular complexity index is 705. The number of hydrogen-bond acceptors (Lipinski definition) is 5. The van der Waals surface area contributed by atoms with Crippen LogP contribution in [0.3, 0.4) is 0 Å². The summed E-state index contributed by atoms with van der Waals surface area (Å²) in [4.78, 5) is 1.40. The van der Waals surface area contributed by atoms with Crippen molar-refractivity contribution < 1.29 is 17.9 Å². The first-order valence-corrected chi connectivity index (χ1v) is 7.73. The van der Waals surface area contributed by atoms with Crippen LogP contribution in [0.4, 0.5) is 10.1 Å². The molecule has 1 aromatic rings. The van der Waals surface area contributed by atoms with E-state index in [2.05, 4.69) is 9.71 Å². The highest BCUT2D eigenvalue weighted by Gasteiger charge is 2.35. The minimum Gasteiger partial charge on any atom is -0.394 e.